The van der Waals surface area contributed by atoms with Crippen LogP contribution in [0.3, 0.4) is 0 Å². The fraction of sp³-hybridized carbons (Fsp3) is 0.222. The average molecular weight is 241 g/mol. The summed E-state index contributed by atoms with van der Waals surface area (Å²) in [6.45, 7) is 1.81. The maximum absolute atomic E-state index is 5.84. The molecule has 2 aromatic rings. The monoisotopic (exact) mass is 240 g/mol. The summed E-state index contributed by atoms with van der Waals surface area (Å²) in [6.07, 6.45) is 3.63. The molecule has 2 aromatic heterocycles. The minimum absolute atomic E-state index is 0.458. The number of aryl methyl sites for hydroxylation is 2. The van der Waals surface area contributed by atoms with Gasteiger partial charge in [0.1, 0.15) is 16.0 Å². The third-order valence-corrected chi connectivity index (χ3v) is 2.94. The van der Waals surface area contributed by atoms with E-state index in [-0.39, 0.29) is 0 Å². The first-order valence-corrected chi connectivity index (χ1v) is 5.51. The van der Waals surface area contributed by atoms with E-state index >= 15 is 0 Å². The van der Waals surface area contributed by atoms with Gasteiger partial charge in [-0.25, -0.2) is 15.0 Å². The molecule has 0 aliphatic rings. The Morgan fingerprint density at radius 2 is 2.20 bits per heavy atom. The SMILES string of the molecule is Cc1nc(Cl)cc(Sc2nccn2C)n1. The van der Waals surface area contributed by atoms with Crippen LogP contribution in [0.15, 0.2) is 28.6 Å². The molecule has 0 N–H and O–H groups in total. The summed E-state index contributed by atoms with van der Waals surface area (Å²) in [4.78, 5) is 12.5. The van der Waals surface area contributed by atoms with Crippen molar-refractivity contribution in [3.63, 3.8) is 0 Å². The van der Waals surface area contributed by atoms with Crippen molar-refractivity contribution in [2.24, 2.45) is 7.05 Å². The number of hydrogen-bond donors (Lipinski definition) is 0. The zero-order chi connectivity index (χ0) is 10.8. The second-order valence-corrected chi connectivity index (χ2v) is 4.37. The van der Waals surface area contributed by atoms with Crippen LogP contribution in [0, 0.1) is 6.92 Å². The van der Waals surface area contributed by atoms with E-state index in [9.17, 15) is 0 Å². The summed E-state index contributed by atoms with van der Waals surface area (Å²) in [7, 11) is 1.94. The van der Waals surface area contributed by atoms with Crippen LogP contribution in [-0.2, 0) is 7.05 Å². The summed E-state index contributed by atoms with van der Waals surface area (Å²) >= 11 is 7.30. The van der Waals surface area contributed by atoms with Gasteiger partial charge in [0.2, 0.25) is 0 Å². The molecule has 6 heteroatoms. The first kappa shape index (κ1) is 10.4. The Bertz CT molecular complexity index is 462. The summed E-state index contributed by atoms with van der Waals surface area (Å²) in [6, 6.07) is 1.73. The molecule has 0 amide bonds. The molecule has 2 rings (SSSR count). The molecule has 2 heterocycles. The number of halogens is 1. The number of hydrogen-bond acceptors (Lipinski definition) is 4. The second-order valence-electron chi connectivity index (χ2n) is 3.00. The number of rotatable bonds is 2. The van der Waals surface area contributed by atoms with Gasteiger partial charge in [0.05, 0.1) is 0 Å². The Kier molecular flexibility index (Phi) is 2.93. The van der Waals surface area contributed by atoms with Gasteiger partial charge < -0.3 is 4.57 Å². The topological polar surface area (TPSA) is 43.6 Å². The minimum atomic E-state index is 0.458. The van der Waals surface area contributed by atoms with Gasteiger partial charge in [0.15, 0.2) is 5.16 Å². The first-order chi connectivity index (χ1) is 7.15. The Balaban J connectivity index is 2.28. The highest BCUT2D eigenvalue weighted by atomic mass is 35.5. The van der Waals surface area contributed by atoms with E-state index in [4.69, 9.17) is 11.6 Å². The van der Waals surface area contributed by atoms with Gasteiger partial charge >= 0.3 is 0 Å². The Hall–Kier alpha value is -1.07. The molecule has 0 radical (unpaired) electrons. The molecule has 0 aliphatic carbocycles. The molecule has 0 saturated heterocycles. The zero-order valence-electron chi connectivity index (χ0n) is 8.31. The quantitative estimate of drug-likeness (QED) is 0.756. The maximum atomic E-state index is 5.84. The van der Waals surface area contributed by atoms with Crippen molar-refractivity contribution in [3.05, 3.63) is 29.4 Å². The molecule has 0 aliphatic heterocycles. The number of nitrogens with zero attached hydrogens (tertiary/aromatic N) is 4. The molecule has 0 atom stereocenters. The van der Waals surface area contributed by atoms with Crippen LogP contribution in [0.1, 0.15) is 5.82 Å². The van der Waals surface area contributed by atoms with Crippen LogP contribution in [0.5, 0.6) is 0 Å². The van der Waals surface area contributed by atoms with E-state index in [1.165, 1.54) is 11.8 Å². The predicted molar refractivity (Wildman–Crippen MR) is 59.1 cm³/mol. The summed E-state index contributed by atoms with van der Waals surface area (Å²) in [5, 5.41) is 2.14. The Labute approximate surface area is 96.7 Å². The summed E-state index contributed by atoms with van der Waals surface area (Å²) < 4.78 is 1.93. The highest BCUT2D eigenvalue weighted by Crippen LogP contribution is 2.25. The highest BCUT2D eigenvalue weighted by molar-refractivity contribution is 7.99. The molecule has 0 unspecified atom stereocenters. The average Bonchev–Trinajstić information content (AvgIpc) is 2.50. The molecule has 0 aromatic carbocycles. The lowest BCUT2D eigenvalue weighted by atomic mass is 10.6. The van der Waals surface area contributed by atoms with Gasteiger partial charge in [-0.1, -0.05) is 11.6 Å². The van der Waals surface area contributed by atoms with Crippen LogP contribution < -0.4 is 0 Å². The molecule has 4 nitrogen and oxygen atoms in total. The molecule has 78 valence electrons. The highest BCUT2D eigenvalue weighted by Gasteiger charge is 2.05. The summed E-state index contributed by atoms with van der Waals surface area (Å²) in [5.74, 6) is 0.666. The molecule has 0 fully saturated rings. The van der Waals surface area contributed by atoms with Crippen molar-refractivity contribution in [2.45, 2.75) is 17.1 Å². The van der Waals surface area contributed by atoms with Gasteiger partial charge in [-0.05, 0) is 18.7 Å². The lowest BCUT2D eigenvalue weighted by Crippen LogP contribution is -1.93. The van der Waals surface area contributed by atoms with Gasteiger partial charge in [-0.3, -0.25) is 0 Å². The van der Waals surface area contributed by atoms with Crippen molar-refractivity contribution in [1.29, 1.82) is 0 Å². The van der Waals surface area contributed by atoms with Crippen molar-refractivity contribution < 1.29 is 0 Å². The number of imidazole rings is 1. The van der Waals surface area contributed by atoms with Crippen LogP contribution in [0.2, 0.25) is 5.15 Å². The van der Waals surface area contributed by atoms with Crippen molar-refractivity contribution in [2.75, 3.05) is 0 Å². The first-order valence-electron chi connectivity index (χ1n) is 4.31. The predicted octanol–water partition coefficient (Wildman–Crippen LogP) is 2.32. The van der Waals surface area contributed by atoms with E-state index < -0.39 is 0 Å². The van der Waals surface area contributed by atoms with E-state index in [0.29, 0.717) is 11.0 Å². The minimum Gasteiger partial charge on any atom is -0.329 e. The third kappa shape index (κ3) is 2.49. The van der Waals surface area contributed by atoms with Crippen LogP contribution >= 0.6 is 23.4 Å². The van der Waals surface area contributed by atoms with Crippen LogP contribution in [0.4, 0.5) is 0 Å². The third-order valence-electron chi connectivity index (χ3n) is 1.76. The largest absolute Gasteiger partial charge is 0.329 e. The van der Waals surface area contributed by atoms with Crippen LogP contribution in [0.25, 0.3) is 0 Å². The standard InChI is InChI=1S/C9H9ClN4S/c1-6-12-7(10)5-8(13-6)15-9-11-3-4-14(9)2/h3-5H,1-2H3. The van der Waals surface area contributed by atoms with E-state index in [0.717, 1.165) is 10.2 Å². The van der Waals surface area contributed by atoms with Crippen molar-refractivity contribution in [3.8, 4) is 0 Å². The van der Waals surface area contributed by atoms with Crippen molar-refractivity contribution in [1.82, 2.24) is 19.5 Å². The van der Waals surface area contributed by atoms with Gasteiger partial charge in [0.25, 0.3) is 0 Å². The smallest absolute Gasteiger partial charge is 0.174 e. The molecule has 0 bridgehead atoms. The Morgan fingerprint density at radius 3 is 2.80 bits per heavy atom. The maximum Gasteiger partial charge on any atom is 0.174 e. The van der Waals surface area contributed by atoms with E-state index in [1.807, 2.05) is 24.7 Å². The van der Waals surface area contributed by atoms with Crippen molar-refractivity contribution >= 4 is 23.4 Å². The lowest BCUT2D eigenvalue weighted by Gasteiger charge is -2.01. The fourth-order valence-electron chi connectivity index (χ4n) is 1.10. The van der Waals surface area contributed by atoms with E-state index in [2.05, 4.69) is 15.0 Å². The fourth-order valence-corrected chi connectivity index (χ4v) is 2.25. The van der Waals surface area contributed by atoms with Crippen LogP contribution in [-0.4, -0.2) is 19.5 Å². The molecular weight excluding hydrogens is 232 g/mol. The number of aromatic nitrogens is 4. The molecular formula is C9H9ClN4S. The molecule has 15 heavy (non-hydrogen) atoms. The molecule has 0 spiro atoms. The molecule has 0 saturated carbocycles. The van der Waals surface area contributed by atoms with Gasteiger partial charge in [0, 0.05) is 25.5 Å². The second kappa shape index (κ2) is 4.20. The summed E-state index contributed by atoms with van der Waals surface area (Å²) in [5.41, 5.74) is 0. The lowest BCUT2D eigenvalue weighted by molar-refractivity contribution is 0.787. The van der Waals surface area contributed by atoms with E-state index in [1.54, 1.807) is 12.3 Å². The zero-order valence-corrected chi connectivity index (χ0v) is 9.88. The van der Waals surface area contributed by atoms with Gasteiger partial charge in [-0.2, -0.15) is 0 Å². The van der Waals surface area contributed by atoms with Gasteiger partial charge in [-0.15, -0.1) is 0 Å². The normalized spacial score (nSPS) is 10.6. The Morgan fingerprint density at radius 1 is 1.40 bits per heavy atom.